The van der Waals surface area contributed by atoms with Gasteiger partial charge in [-0.15, -0.1) is 0 Å². The van der Waals surface area contributed by atoms with Crippen LogP contribution in [0.1, 0.15) is 18.2 Å². The summed E-state index contributed by atoms with van der Waals surface area (Å²) in [6, 6.07) is 5.52. The minimum absolute atomic E-state index is 0.338. The lowest BCUT2D eigenvalue weighted by Gasteiger charge is -2.07. The maximum absolute atomic E-state index is 6.05. The highest BCUT2D eigenvalue weighted by Crippen LogP contribution is 2.25. The van der Waals surface area contributed by atoms with Gasteiger partial charge < -0.3 is 10.5 Å². The average molecular weight is 264 g/mol. The van der Waals surface area contributed by atoms with Crippen molar-refractivity contribution < 1.29 is 4.74 Å². The maximum Gasteiger partial charge on any atom is 0.238 e. The zero-order chi connectivity index (χ0) is 13.0. The molecule has 0 aliphatic heterocycles. The van der Waals surface area contributed by atoms with E-state index in [9.17, 15) is 0 Å². The summed E-state index contributed by atoms with van der Waals surface area (Å²) < 4.78 is 5.63. The first-order valence-electron chi connectivity index (χ1n) is 5.70. The number of aromatic nitrogens is 2. The molecule has 0 amide bonds. The monoisotopic (exact) mass is 263 g/mol. The van der Waals surface area contributed by atoms with Crippen molar-refractivity contribution >= 4 is 11.6 Å². The summed E-state index contributed by atoms with van der Waals surface area (Å²) >= 11 is 6.05. The predicted molar refractivity (Wildman–Crippen MR) is 70.8 cm³/mol. The normalized spacial score (nSPS) is 10.4. The Kier molecular flexibility index (Phi) is 4.12. The number of hydrogen-bond donors (Lipinski definition) is 1. The Morgan fingerprint density at radius 3 is 2.89 bits per heavy atom. The van der Waals surface area contributed by atoms with Crippen LogP contribution >= 0.6 is 11.6 Å². The summed E-state index contributed by atoms with van der Waals surface area (Å²) in [5, 5.41) is 0.742. The number of rotatable bonds is 4. The number of halogens is 1. The number of aryl methyl sites for hydroxylation is 1. The van der Waals surface area contributed by atoms with Crippen molar-refractivity contribution in [2.24, 2.45) is 5.73 Å². The molecule has 1 aromatic carbocycles. The minimum atomic E-state index is 0.338. The maximum atomic E-state index is 6.05. The molecule has 0 fully saturated rings. The fraction of sp³-hybridized carbons (Fsp3) is 0.231. The molecule has 0 bridgehead atoms. The highest BCUT2D eigenvalue weighted by atomic mass is 35.5. The highest BCUT2D eigenvalue weighted by Gasteiger charge is 2.04. The molecule has 0 saturated heterocycles. The van der Waals surface area contributed by atoms with Crippen LogP contribution in [0, 0.1) is 0 Å². The van der Waals surface area contributed by atoms with Gasteiger partial charge in [0.1, 0.15) is 5.75 Å². The summed E-state index contributed by atoms with van der Waals surface area (Å²) in [6.45, 7) is 2.38. The molecular formula is C13H14ClN3O. The van der Waals surface area contributed by atoms with Crippen molar-refractivity contribution in [3.05, 3.63) is 46.9 Å². The zero-order valence-corrected chi connectivity index (χ0v) is 10.8. The predicted octanol–water partition coefficient (Wildman–Crippen LogP) is 2.94. The second-order valence-electron chi connectivity index (χ2n) is 3.76. The number of benzene rings is 1. The molecular weight excluding hydrogens is 250 g/mol. The van der Waals surface area contributed by atoms with E-state index in [-0.39, 0.29) is 0 Å². The first-order valence-corrected chi connectivity index (χ1v) is 6.08. The van der Waals surface area contributed by atoms with Crippen molar-refractivity contribution in [3.63, 3.8) is 0 Å². The van der Waals surface area contributed by atoms with Crippen molar-refractivity contribution in [2.45, 2.75) is 19.9 Å². The lowest BCUT2D eigenvalue weighted by Crippen LogP contribution is -2.01. The van der Waals surface area contributed by atoms with Crippen LogP contribution in [-0.2, 0) is 13.0 Å². The molecule has 2 rings (SSSR count). The summed E-state index contributed by atoms with van der Waals surface area (Å²) in [5.41, 5.74) is 7.23. The van der Waals surface area contributed by atoms with Gasteiger partial charge in [0.05, 0.1) is 11.9 Å². The van der Waals surface area contributed by atoms with Crippen LogP contribution in [0.4, 0.5) is 0 Å². The van der Waals surface area contributed by atoms with Crippen LogP contribution in [0.5, 0.6) is 11.6 Å². The zero-order valence-electron chi connectivity index (χ0n) is 10.1. The standard InChI is InChI=1S/C13H14ClN3O/c1-2-9-5-11(3-4-12(9)14)18-13-8-16-7-10(6-15)17-13/h3-5,7-8H,2,6,15H2,1H3. The Morgan fingerprint density at radius 1 is 1.33 bits per heavy atom. The summed E-state index contributed by atoms with van der Waals surface area (Å²) in [7, 11) is 0. The Hall–Kier alpha value is -1.65. The fourth-order valence-corrected chi connectivity index (χ4v) is 1.79. The Bertz CT molecular complexity index is 546. The van der Waals surface area contributed by atoms with E-state index in [4.69, 9.17) is 22.1 Å². The molecule has 0 atom stereocenters. The van der Waals surface area contributed by atoms with Gasteiger partial charge in [-0.1, -0.05) is 18.5 Å². The van der Waals surface area contributed by atoms with E-state index in [1.54, 1.807) is 18.5 Å². The van der Waals surface area contributed by atoms with Gasteiger partial charge in [-0.3, -0.25) is 4.98 Å². The molecule has 0 spiro atoms. The first kappa shape index (κ1) is 12.8. The molecule has 0 radical (unpaired) electrons. The molecule has 0 unspecified atom stereocenters. The SMILES string of the molecule is CCc1cc(Oc2cncc(CN)n2)ccc1Cl. The van der Waals surface area contributed by atoms with Gasteiger partial charge in [-0.2, -0.15) is 0 Å². The summed E-state index contributed by atoms with van der Waals surface area (Å²) in [6.07, 6.45) is 4.02. The van der Waals surface area contributed by atoms with Crippen molar-refractivity contribution in [1.29, 1.82) is 0 Å². The molecule has 94 valence electrons. The van der Waals surface area contributed by atoms with Gasteiger partial charge in [0.15, 0.2) is 0 Å². The van der Waals surface area contributed by atoms with E-state index in [0.29, 0.717) is 23.9 Å². The topological polar surface area (TPSA) is 61.0 Å². The first-order chi connectivity index (χ1) is 8.72. The van der Waals surface area contributed by atoms with Gasteiger partial charge in [0.25, 0.3) is 0 Å². The smallest absolute Gasteiger partial charge is 0.238 e. The third-order valence-electron chi connectivity index (χ3n) is 2.49. The molecule has 2 aromatic rings. The van der Waals surface area contributed by atoms with Crippen LogP contribution in [-0.4, -0.2) is 9.97 Å². The van der Waals surface area contributed by atoms with Gasteiger partial charge in [-0.05, 0) is 30.2 Å². The number of ether oxygens (including phenoxy) is 1. The summed E-state index contributed by atoms with van der Waals surface area (Å²) in [4.78, 5) is 8.24. The van der Waals surface area contributed by atoms with E-state index < -0.39 is 0 Å². The van der Waals surface area contributed by atoms with Crippen LogP contribution in [0.15, 0.2) is 30.6 Å². The van der Waals surface area contributed by atoms with Crippen molar-refractivity contribution in [3.8, 4) is 11.6 Å². The second-order valence-corrected chi connectivity index (χ2v) is 4.17. The van der Waals surface area contributed by atoms with Crippen molar-refractivity contribution in [1.82, 2.24) is 9.97 Å². The molecule has 1 heterocycles. The van der Waals surface area contributed by atoms with Gasteiger partial charge >= 0.3 is 0 Å². The molecule has 18 heavy (non-hydrogen) atoms. The van der Waals surface area contributed by atoms with Crippen LogP contribution in [0.3, 0.4) is 0 Å². The molecule has 0 saturated carbocycles. The van der Waals surface area contributed by atoms with Crippen LogP contribution < -0.4 is 10.5 Å². The lowest BCUT2D eigenvalue weighted by molar-refractivity contribution is 0.457. The molecule has 5 heteroatoms. The average Bonchev–Trinajstić information content (AvgIpc) is 2.41. The third kappa shape index (κ3) is 2.97. The quantitative estimate of drug-likeness (QED) is 0.921. The largest absolute Gasteiger partial charge is 0.437 e. The van der Waals surface area contributed by atoms with Crippen LogP contribution in [0.25, 0.3) is 0 Å². The minimum Gasteiger partial charge on any atom is -0.437 e. The molecule has 2 N–H and O–H groups in total. The number of hydrogen-bond acceptors (Lipinski definition) is 4. The lowest BCUT2D eigenvalue weighted by atomic mass is 10.1. The van der Waals surface area contributed by atoms with Crippen molar-refractivity contribution in [2.75, 3.05) is 0 Å². The Balaban J connectivity index is 2.22. The molecule has 1 aromatic heterocycles. The van der Waals surface area contributed by atoms with Crippen LogP contribution in [0.2, 0.25) is 5.02 Å². The molecule has 4 nitrogen and oxygen atoms in total. The van der Waals surface area contributed by atoms with E-state index in [1.165, 1.54) is 0 Å². The van der Waals surface area contributed by atoms with Gasteiger partial charge in [-0.25, -0.2) is 4.98 Å². The third-order valence-corrected chi connectivity index (χ3v) is 2.86. The molecule has 0 aliphatic carbocycles. The second kappa shape index (κ2) is 5.80. The van der Waals surface area contributed by atoms with E-state index in [1.807, 2.05) is 19.1 Å². The molecule has 0 aliphatic rings. The van der Waals surface area contributed by atoms with E-state index >= 15 is 0 Å². The van der Waals surface area contributed by atoms with Gasteiger partial charge in [0, 0.05) is 17.8 Å². The Morgan fingerprint density at radius 2 is 2.17 bits per heavy atom. The Labute approximate surface area is 111 Å². The van der Waals surface area contributed by atoms with E-state index in [0.717, 1.165) is 17.0 Å². The van der Waals surface area contributed by atoms with Gasteiger partial charge in [0.2, 0.25) is 5.88 Å². The summed E-state index contributed by atoms with van der Waals surface area (Å²) in [5.74, 6) is 1.13. The van der Waals surface area contributed by atoms with E-state index in [2.05, 4.69) is 9.97 Å². The highest BCUT2D eigenvalue weighted by molar-refractivity contribution is 6.31. The number of nitrogens with zero attached hydrogens (tertiary/aromatic N) is 2. The fourth-order valence-electron chi connectivity index (χ4n) is 1.54. The number of nitrogens with two attached hydrogens (primary N) is 1.